The Balaban J connectivity index is -0.0000000381. The molecule has 0 aromatic carbocycles. The maximum Gasteiger partial charge on any atom is 2.00 e. The number of aldehydes is 3. The Bertz CT molecular complexity index is 2240. The molecule has 11 nitrogen and oxygen atoms in total. The standard InChI is InChI=1S/C9H10O2S.C7H7OS.C5H4OS.C4H3BrS.C4H6O3.2C4H8O.C4H4S.2C4H3S.C4H9.2C3H4O.C2H3.BrH.2ClH.I3.3I2.2Li.4Mg.2H/c1-3-8(11-7(2)10)9-5-4-6-12-9;1-2-6(8)7-4-3-5-9-7;6-4-5-2-1-3-7-5;5-4-2-1-3-6-4;1-3(5)7-4(2)6;5*1-2-4-5-3-1;1-3-4-2;2*1-2-3-4;1-2;;;;1-3-2;3*1-2;;;;;;;;/h3-6,8H,1H2,2H3;2-6H,1H2;1-4H;1-3H;1-2H3;2*1-4H2;1-4H;2*1-3H;1,3-4H2,2H3;2*2-3H,1H2;1H,2H2;3*1H;;;;;;;;;;;;/q;-1;;;;;;;3*-1;;;-1;;;;-1;;;;2*+1;4*+2;2*-1/p-3. The Labute approximate surface area is 837 Å². The van der Waals surface area contributed by atoms with E-state index in [4.69, 9.17) is 23.8 Å². The molecule has 0 bridgehead atoms. The van der Waals surface area contributed by atoms with Crippen LogP contribution in [0.5, 0.6) is 0 Å². The zero-order valence-corrected chi connectivity index (χ0v) is 90.9. The first-order valence-corrected chi connectivity index (χ1v) is 63.2. The molecule has 2 atom stereocenters. The molecule has 9 rings (SSSR count). The minimum Gasteiger partial charge on any atom is -1.00 e. The summed E-state index contributed by atoms with van der Waals surface area (Å²) in [6.07, 6.45) is 13.9. The molecule has 532 valence electrons. The molecule has 98 heavy (non-hydrogen) atoms. The normalized spacial score (nSPS) is 9.21. The molecule has 0 aliphatic carbocycles. The molecule has 7 aromatic heterocycles. The van der Waals surface area contributed by atoms with Gasteiger partial charge in [-0.05, 0) is 121 Å². The summed E-state index contributed by atoms with van der Waals surface area (Å²) in [4.78, 5) is 60.9. The van der Waals surface area contributed by atoms with Crippen molar-refractivity contribution in [1.29, 1.82) is 0 Å². The summed E-state index contributed by atoms with van der Waals surface area (Å²) in [5.74, 6) is -1.41. The van der Waals surface area contributed by atoms with Gasteiger partial charge in [0.1, 0.15) is 12.6 Å². The molecule has 2 saturated heterocycles. The maximum atomic E-state index is 10.9. The molecule has 37 heteroatoms. The van der Waals surface area contributed by atoms with Crippen LogP contribution in [0.1, 0.15) is 101 Å². The fraction of sp³-hybridized carbons (Fsp3) is 0.262. The molecular weight excluding hydrogens is 2620 g/mol. The number of hydrogen-bond donors (Lipinski definition) is 0. The van der Waals surface area contributed by atoms with Gasteiger partial charge in [0.15, 0.2) is 12.4 Å². The van der Waals surface area contributed by atoms with Gasteiger partial charge in [-0.25, -0.2) is 12.1 Å². The van der Waals surface area contributed by atoms with Crippen molar-refractivity contribution < 1.29 is 148 Å². The predicted octanol–water partition coefficient (Wildman–Crippen LogP) is 5.26. The fourth-order valence-electron chi connectivity index (χ4n) is 3.88. The molecule has 2 fully saturated rings. The van der Waals surface area contributed by atoms with Crippen molar-refractivity contribution >= 4 is 373 Å². The first-order valence-electron chi connectivity index (χ1n) is 24.8. The molecule has 2 aliphatic heterocycles. The van der Waals surface area contributed by atoms with E-state index >= 15 is 0 Å². The molecule has 7 aromatic rings. The third-order valence-electron chi connectivity index (χ3n) is 7.19. The SMILES string of the molecule is Brc1cccs1.C1CCOC1.C1CCOC1.C=CC(OC(C)=O)c1cccs1.C=CC([O-])c1cccs1.C=CC=O.C=CC=O.CC(=O)OC(C)=O.II.II.II.I[I-]I.O=Cc1cccs1.[Br-].[CH-]=C.[CH2-]CCC.[Cl-].[Cl-].[H-].[H-].[Li+].[Li+].[Mg+2].[Mg+2].[Mg+2].[Mg+2].[c-]1cccs1.[c-]1cccs1.c1ccsc1. The quantitative estimate of drug-likeness (QED) is 0.0271. The summed E-state index contributed by atoms with van der Waals surface area (Å²) < 4.78 is 20.1. The van der Waals surface area contributed by atoms with Gasteiger partial charge in [0.25, 0.3) is 0 Å². The van der Waals surface area contributed by atoms with Gasteiger partial charge in [-0.1, -0.05) is 75.6 Å². The van der Waals surface area contributed by atoms with Crippen LogP contribution in [0.3, 0.4) is 0 Å². The van der Waals surface area contributed by atoms with Gasteiger partial charge < -0.3 is 105 Å². The summed E-state index contributed by atoms with van der Waals surface area (Å²) in [7, 11) is 0. The Morgan fingerprint density at radius 2 is 0.980 bits per heavy atom. The van der Waals surface area contributed by atoms with Gasteiger partial charge >= 0.3 is 198 Å². The monoisotopic (exact) mass is 2690 g/mol. The van der Waals surface area contributed by atoms with Crippen molar-refractivity contribution in [2.45, 2.75) is 78.4 Å². The van der Waals surface area contributed by atoms with E-state index in [1.807, 2.05) is 122 Å². The molecule has 0 N–H and O–H groups in total. The van der Waals surface area contributed by atoms with E-state index in [9.17, 15) is 24.3 Å². The summed E-state index contributed by atoms with van der Waals surface area (Å²) in [5, 5.41) is 32.5. The molecule has 0 spiro atoms. The van der Waals surface area contributed by atoms with Crippen molar-refractivity contribution in [3.05, 3.63) is 228 Å². The molecule has 0 saturated carbocycles. The van der Waals surface area contributed by atoms with Crippen LogP contribution < -0.4 is 97.9 Å². The Morgan fingerprint density at radius 3 is 1.12 bits per heavy atom. The first kappa shape index (κ1) is 150. The van der Waals surface area contributed by atoms with E-state index in [1.165, 1.54) is 97.6 Å². The number of rotatable bonds is 9. The molecule has 0 amide bonds. The second-order valence-corrected chi connectivity index (χ2v) is 37.4. The van der Waals surface area contributed by atoms with Gasteiger partial charge in [-0.15, -0.1) is 68.8 Å². The third-order valence-corrected chi connectivity index (χ3v) is 13.1. The summed E-state index contributed by atoms with van der Waals surface area (Å²) in [6, 6.07) is 26.9. The van der Waals surface area contributed by atoms with Crippen molar-refractivity contribution in [2.75, 3.05) is 26.4 Å². The van der Waals surface area contributed by atoms with E-state index in [1.54, 1.807) is 68.8 Å². The number of allylic oxidation sites excluding steroid dienone is 2. The first-order chi connectivity index (χ1) is 43.2. The minimum absolute atomic E-state index is 0. The van der Waals surface area contributed by atoms with Crippen molar-refractivity contribution in [3.8, 4) is 0 Å². The van der Waals surface area contributed by atoms with Crippen LogP contribution in [0, 0.1) is 24.3 Å². The maximum absolute atomic E-state index is 10.9. The van der Waals surface area contributed by atoms with Crippen LogP contribution in [0.25, 0.3) is 0 Å². The largest absolute Gasteiger partial charge is 2.00 e. The minimum atomic E-state index is -0.731. The zero-order chi connectivity index (χ0) is 69.7. The van der Waals surface area contributed by atoms with Crippen molar-refractivity contribution in [3.63, 3.8) is 0 Å². The van der Waals surface area contributed by atoms with Crippen LogP contribution in [0.2, 0.25) is 0 Å². The van der Waals surface area contributed by atoms with E-state index in [2.05, 4.69) is 234 Å². The molecule has 9 heterocycles. The smallest absolute Gasteiger partial charge is 1.00 e. The molecule has 2 aliphatic rings. The van der Waals surface area contributed by atoms with Gasteiger partial charge in [-0.3, -0.25) is 35.3 Å². The van der Waals surface area contributed by atoms with Gasteiger partial charge in [0.2, 0.25) is 0 Å². The summed E-state index contributed by atoms with van der Waals surface area (Å²) in [5.41, 5.74) is 0. The molecule has 2 unspecified atom stereocenters. The van der Waals surface area contributed by atoms with Crippen LogP contribution in [0.4, 0.5) is 0 Å². The molecule has 0 radical (unpaired) electrons. The van der Waals surface area contributed by atoms with Crippen LogP contribution in [-0.2, 0) is 42.9 Å². The Morgan fingerprint density at radius 1 is 0.633 bits per heavy atom. The van der Waals surface area contributed by atoms with Crippen LogP contribution in [0.15, 0.2) is 189 Å². The van der Waals surface area contributed by atoms with Crippen LogP contribution >= 0.6 is 244 Å². The Kier molecular flexibility index (Phi) is 222. The number of carbonyl (C=O) groups is 6. The predicted molar refractivity (Wildman–Crippen MR) is 481 cm³/mol. The average Bonchev–Trinajstić information content (AvgIpc) is 1.77. The van der Waals surface area contributed by atoms with E-state index in [0.29, 0.717) is 25.8 Å². The van der Waals surface area contributed by atoms with E-state index in [-0.39, 0.29) is 187 Å². The van der Waals surface area contributed by atoms with E-state index in [0.717, 1.165) is 53.8 Å². The van der Waals surface area contributed by atoms with E-state index < -0.39 is 18.0 Å². The Hall–Kier alpha value is 6.47. The second kappa shape index (κ2) is 145. The van der Waals surface area contributed by atoms with Crippen LogP contribution in [-0.4, -0.2) is 155 Å². The van der Waals surface area contributed by atoms with Crippen molar-refractivity contribution in [2.24, 2.45) is 0 Å². The van der Waals surface area contributed by atoms with Gasteiger partial charge in [0, 0.05) is 164 Å². The van der Waals surface area contributed by atoms with Gasteiger partial charge in [-0.2, -0.15) is 40.7 Å². The third kappa shape index (κ3) is 148. The van der Waals surface area contributed by atoms with Crippen molar-refractivity contribution in [1.82, 2.24) is 0 Å². The number of esters is 3. The number of carbonyl (C=O) groups excluding carboxylic acids is 6. The topological polar surface area (TPSA) is 162 Å². The number of thiophene rings is 7. The number of hydrogen-bond acceptors (Lipinski definition) is 18. The second-order valence-electron chi connectivity index (χ2n) is 13.6. The number of halogens is 13. The number of ether oxygens (including phenoxy) is 4. The fourth-order valence-corrected chi connectivity index (χ4v) is 8.02. The van der Waals surface area contributed by atoms with Gasteiger partial charge in [0.05, 0.1) is 8.66 Å². The molecular formula is C61H78Br2Cl2I9Li2Mg4O11S7-. The summed E-state index contributed by atoms with van der Waals surface area (Å²) in [6.45, 7) is 33.7. The average molecular weight is 2700 g/mol. The number of unbranched alkanes of at least 4 members (excludes halogenated alkanes) is 1. The summed E-state index contributed by atoms with van der Waals surface area (Å²) >= 11 is 32.4. The zero-order valence-electron chi connectivity index (χ0n) is 57.4.